The summed E-state index contributed by atoms with van der Waals surface area (Å²) in [6.45, 7) is 11.3. The number of ether oxygens (including phenoxy) is 1. The number of fused-ring (bicyclic) bond motifs is 2. The molecule has 26 heavy (non-hydrogen) atoms. The maximum atomic E-state index is 5.95. The summed E-state index contributed by atoms with van der Waals surface area (Å²) in [5, 5.41) is 6.97. The maximum Gasteiger partial charge on any atom is 0.191 e. The average molecular weight is 359 g/mol. The van der Waals surface area contributed by atoms with Crippen molar-refractivity contribution in [1.82, 2.24) is 15.5 Å². The van der Waals surface area contributed by atoms with Crippen LogP contribution >= 0.6 is 0 Å². The van der Waals surface area contributed by atoms with Crippen molar-refractivity contribution in [3.05, 3.63) is 35.4 Å². The van der Waals surface area contributed by atoms with Crippen LogP contribution in [-0.4, -0.2) is 48.7 Å². The highest BCUT2D eigenvalue weighted by molar-refractivity contribution is 5.80. The Morgan fingerprint density at radius 2 is 2.00 bits per heavy atom. The molecule has 0 amide bonds. The van der Waals surface area contributed by atoms with Gasteiger partial charge < -0.3 is 15.4 Å². The molecule has 3 rings (SSSR count). The van der Waals surface area contributed by atoms with Crippen LogP contribution in [0.1, 0.15) is 51.2 Å². The first kappa shape index (κ1) is 19.2. The summed E-state index contributed by atoms with van der Waals surface area (Å²) < 4.78 is 5.95. The highest BCUT2D eigenvalue weighted by Gasteiger charge is 2.41. The van der Waals surface area contributed by atoms with Gasteiger partial charge in [-0.05, 0) is 50.4 Å². The predicted molar refractivity (Wildman–Crippen MR) is 107 cm³/mol. The monoisotopic (exact) mass is 358 g/mol. The van der Waals surface area contributed by atoms with Crippen molar-refractivity contribution in [2.24, 2.45) is 4.99 Å². The molecule has 3 atom stereocenters. The van der Waals surface area contributed by atoms with Crippen LogP contribution in [0.5, 0.6) is 0 Å². The van der Waals surface area contributed by atoms with Crippen molar-refractivity contribution < 1.29 is 4.74 Å². The summed E-state index contributed by atoms with van der Waals surface area (Å²) in [5.41, 5.74) is 2.62. The van der Waals surface area contributed by atoms with Crippen LogP contribution in [0.3, 0.4) is 0 Å². The third kappa shape index (κ3) is 4.98. The Labute approximate surface area is 158 Å². The van der Waals surface area contributed by atoms with Crippen LogP contribution in [0, 0.1) is 0 Å². The number of nitrogens with one attached hydrogen (secondary N) is 2. The molecule has 3 unspecified atom stereocenters. The van der Waals surface area contributed by atoms with E-state index in [0.717, 1.165) is 38.6 Å². The zero-order valence-corrected chi connectivity index (χ0v) is 16.5. The van der Waals surface area contributed by atoms with Gasteiger partial charge in [-0.1, -0.05) is 38.1 Å². The lowest BCUT2D eigenvalue weighted by molar-refractivity contribution is 0.0992. The fourth-order valence-corrected chi connectivity index (χ4v) is 3.99. The van der Waals surface area contributed by atoms with Crippen molar-refractivity contribution in [3.8, 4) is 0 Å². The maximum absolute atomic E-state index is 5.95. The minimum Gasteiger partial charge on any atom is -0.373 e. The molecular formula is C21H34N4O. The lowest BCUT2D eigenvalue weighted by atomic mass is 9.96. The molecule has 2 aliphatic heterocycles. The molecule has 2 fully saturated rings. The Bertz CT molecular complexity index is 599. The van der Waals surface area contributed by atoms with Crippen LogP contribution in [0.25, 0.3) is 0 Å². The molecule has 0 aromatic heterocycles. The molecule has 2 saturated heterocycles. The molecular weight excluding hydrogens is 324 g/mol. The number of nitrogens with zero attached hydrogens (tertiary/aromatic N) is 2. The van der Waals surface area contributed by atoms with Gasteiger partial charge in [0, 0.05) is 13.1 Å². The third-order valence-corrected chi connectivity index (χ3v) is 5.48. The number of aliphatic imine (C=N–C) groups is 1. The molecule has 5 nitrogen and oxygen atoms in total. The molecule has 0 saturated carbocycles. The zero-order chi connectivity index (χ0) is 18.4. The van der Waals surface area contributed by atoms with E-state index < -0.39 is 0 Å². The Balaban J connectivity index is 1.60. The minimum atomic E-state index is 0.362. The van der Waals surface area contributed by atoms with E-state index in [1.807, 2.05) is 0 Å². The van der Waals surface area contributed by atoms with E-state index in [4.69, 9.17) is 9.73 Å². The van der Waals surface area contributed by atoms with E-state index >= 15 is 0 Å². The van der Waals surface area contributed by atoms with Gasteiger partial charge in [0.15, 0.2) is 5.96 Å². The van der Waals surface area contributed by atoms with Crippen molar-refractivity contribution in [2.75, 3.05) is 19.6 Å². The number of rotatable bonds is 8. The molecule has 0 radical (unpaired) electrons. The Hall–Kier alpha value is -1.59. The summed E-state index contributed by atoms with van der Waals surface area (Å²) in [7, 11) is 0. The minimum absolute atomic E-state index is 0.362. The first-order chi connectivity index (χ1) is 12.7. The molecule has 2 heterocycles. The molecule has 2 aliphatic rings. The van der Waals surface area contributed by atoms with Gasteiger partial charge in [-0.15, -0.1) is 0 Å². The topological polar surface area (TPSA) is 48.9 Å². The summed E-state index contributed by atoms with van der Waals surface area (Å²) in [6, 6.07) is 9.21. The number of hydrogen-bond acceptors (Lipinski definition) is 3. The normalized spacial score (nSPS) is 25.1. The highest BCUT2D eigenvalue weighted by Crippen LogP contribution is 2.34. The average Bonchev–Trinajstić information content (AvgIpc) is 3.28. The fourth-order valence-electron chi connectivity index (χ4n) is 3.99. The second kappa shape index (κ2) is 9.38. The van der Waals surface area contributed by atoms with Crippen molar-refractivity contribution >= 4 is 5.96 Å². The molecule has 2 bridgehead atoms. The smallest absolute Gasteiger partial charge is 0.191 e. The second-order valence-electron chi connectivity index (χ2n) is 7.34. The molecule has 1 aromatic rings. The Morgan fingerprint density at radius 1 is 1.19 bits per heavy atom. The fraction of sp³-hybridized carbons (Fsp3) is 0.667. The first-order valence-corrected chi connectivity index (χ1v) is 10.2. The lowest BCUT2D eigenvalue weighted by Gasteiger charge is -2.22. The standard InChI is InChI=1S/C21H34N4O/c1-4-22-21(24-19-13-18-10-11-20(19)26-18)23-14-16-8-7-9-17(12-16)15-25(5-2)6-3/h7-9,12,18-20H,4-6,10-11,13-15H2,1-3H3,(H2,22,23,24). The summed E-state index contributed by atoms with van der Waals surface area (Å²) in [6.07, 6.45) is 4.32. The van der Waals surface area contributed by atoms with Crippen LogP contribution in [-0.2, 0) is 17.8 Å². The van der Waals surface area contributed by atoms with Crippen molar-refractivity contribution in [1.29, 1.82) is 0 Å². The van der Waals surface area contributed by atoms with Gasteiger partial charge >= 0.3 is 0 Å². The summed E-state index contributed by atoms with van der Waals surface area (Å²) >= 11 is 0. The number of guanidine groups is 1. The second-order valence-corrected chi connectivity index (χ2v) is 7.34. The van der Waals surface area contributed by atoms with Gasteiger partial charge in [0.05, 0.1) is 24.8 Å². The first-order valence-electron chi connectivity index (χ1n) is 10.2. The van der Waals surface area contributed by atoms with E-state index in [1.165, 1.54) is 24.0 Å². The van der Waals surface area contributed by atoms with E-state index in [1.54, 1.807) is 0 Å². The van der Waals surface area contributed by atoms with Crippen molar-refractivity contribution in [2.45, 2.75) is 71.4 Å². The van der Waals surface area contributed by atoms with Gasteiger partial charge in [-0.3, -0.25) is 4.90 Å². The van der Waals surface area contributed by atoms with Crippen LogP contribution < -0.4 is 10.6 Å². The molecule has 5 heteroatoms. The molecule has 0 spiro atoms. The molecule has 1 aromatic carbocycles. The quantitative estimate of drug-likeness (QED) is 0.554. The van der Waals surface area contributed by atoms with Gasteiger partial charge in [0.1, 0.15) is 0 Å². The summed E-state index contributed by atoms with van der Waals surface area (Å²) in [4.78, 5) is 7.25. The molecule has 144 valence electrons. The van der Waals surface area contributed by atoms with E-state index in [9.17, 15) is 0 Å². The Morgan fingerprint density at radius 3 is 2.65 bits per heavy atom. The van der Waals surface area contributed by atoms with Gasteiger partial charge in [-0.2, -0.15) is 0 Å². The van der Waals surface area contributed by atoms with Crippen LogP contribution in [0.15, 0.2) is 29.3 Å². The van der Waals surface area contributed by atoms with E-state index in [-0.39, 0.29) is 0 Å². The Kier molecular flexibility index (Phi) is 6.92. The van der Waals surface area contributed by atoms with E-state index in [0.29, 0.717) is 24.8 Å². The molecule has 0 aliphatic carbocycles. The van der Waals surface area contributed by atoms with Gasteiger partial charge in [-0.25, -0.2) is 4.99 Å². The molecule has 2 N–H and O–H groups in total. The largest absolute Gasteiger partial charge is 0.373 e. The number of benzene rings is 1. The van der Waals surface area contributed by atoms with Gasteiger partial charge in [0.2, 0.25) is 0 Å². The predicted octanol–water partition coefficient (Wildman–Crippen LogP) is 2.90. The van der Waals surface area contributed by atoms with Gasteiger partial charge in [0.25, 0.3) is 0 Å². The van der Waals surface area contributed by atoms with Crippen LogP contribution in [0.2, 0.25) is 0 Å². The van der Waals surface area contributed by atoms with Crippen molar-refractivity contribution in [3.63, 3.8) is 0 Å². The third-order valence-electron chi connectivity index (χ3n) is 5.48. The lowest BCUT2D eigenvalue weighted by Crippen LogP contribution is -2.47. The number of hydrogen-bond donors (Lipinski definition) is 2. The van der Waals surface area contributed by atoms with E-state index in [2.05, 4.69) is 60.6 Å². The SMILES string of the molecule is CCNC(=NCc1cccc(CN(CC)CC)c1)NC1CC2CCC1O2. The zero-order valence-electron chi connectivity index (χ0n) is 16.5. The summed E-state index contributed by atoms with van der Waals surface area (Å²) in [5.74, 6) is 0.905. The highest BCUT2D eigenvalue weighted by atomic mass is 16.5. The van der Waals surface area contributed by atoms with Crippen LogP contribution in [0.4, 0.5) is 0 Å².